The maximum absolute atomic E-state index is 12.4. The number of benzene rings is 1. The molecule has 0 aliphatic carbocycles. The second-order valence-electron chi connectivity index (χ2n) is 7.56. The number of carbonyl (C=O) groups is 3. The van der Waals surface area contributed by atoms with Crippen molar-refractivity contribution in [2.75, 3.05) is 6.61 Å². The molecular formula is C19H25N3O6. The van der Waals surface area contributed by atoms with Gasteiger partial charge in [0.1, 0.15) is 23.5 Å². The first-order valence-electron chi connectivity index (χ1n) is 8.52. The van der Waals surface area contributed by atoms with Crippen molar-refractivity contribution in [2.24, 2.45) is 0 Å². The van der Waals surface area contributed by atoms with E-state index in [1.165, 1.54) is 38.1 Å². The van der Waals surface area contributed by atoms with Gasteiger partial charge in [-0.05, 0) is 58.9 Å². The Balaban J connectivity index is 2.70. The first-order chi connectivity index (χ1) is 12.8. The monoisotopic (exact) mass is 391 g/mol. The highest BCUT2D eigenvalue weighted by molar-refractivity contribution is 5.92. The van der Waals surface area contributed by atoms with Crippen molar-refractivity contribution in [1.29, 1.82) is 5.26 Å². The lowest BCUT2D eigenvalue weighted by Crippen LogP contribution is -2.59. The fourth-order valence-electron chi connectivity index (χ4n) is 1.93. The Hall–Kier alpha value is -3.28. The molecule has 0 heterocycles. The molecule has 0 aliphatic heterocycles. The standard InChI is InChI=1S/C19H25N3O6/c1-18(2,3)28-17(26)22-19(4,5)16(25)21-14(15(23)24)11-27-13-8-6-12(10-20)7-9-13/h6-9,14H,11H2,1-5H3,(H,21,25)(H,22,26)(H,23,24)/t14-/m1/s1. The van der Waals surface area contributed by atoms with Gasteiger partial charge in [-0.1, -0.05) is 0 Å². The van der Waals surface area contributed by atoms with E-state index in [2.05, 4.69) is 10.6 Å². The quantitative estimate of drug-likeness (QED) is 0.644. The number of hydrogen-bond acceptors (Lipinski definition) is 6. The largest absolute Gasteiger partial charge is 0.491 e. The van der Waals surface area contributed by atoms with Crippen LogP contribution in [-0.4, -0.2) is 46.9 Å². The van der Waals surface area contributed by atoms with Gasteiger partial charge in [-0.3, -0.25) is 4.79 Å². The summed E-state index contributed by atoms with van der Waals surface area (Å²) in [5.74, 6) is -1.66. The SMILES string of the molecule is CC(C)(C)OC(=O)NC(C)(C)C(=O)N[C@H](COc1ccc(C#N)cc1)C(=O)O. The number of carboxylic acids is 1. The molecule has 0 unspecified atom stereocenters. The highest BCUT2D eigenvalue weighted by Crippen LogP contribution is 2.13. The molecule has 1 aromatic rings. The van der Waals surface area contributed by atoms with Crippen molar-refractivity contribution in [3.63, 3.8) is 0 Å². The van der Waals surface area contributed by atoms with Crippen LogP contribution < -0.4 is 15.4 Å². The fourth-order valence-corrected chi connectivity index (χ4v) is 1.93. The van der Waals surface area contributed by atoms with Gasteiger partial charge in [-0.2, -0.15) is 5.26 Å². The molecule has 0 fully saturated rings. The minimum Gasteiger partial charge on any atom is -0.491 e. The lowest BCUT2D eigenvalue weighted by Gasteiger charge is -2.28. The highest BCUT2D eigenvalue weighted by atomic mass is 16.6. The lowest BCUT2D eigenvalue weighted by molar-refractivity contribution is -0.143. The van der Waals surface area contributed by atoms with Crippen LogP contribution in [0.1, 0.15) is 40.2 Å². The van der Waals surface area contributed by atoms with E-state index < -0.39 is 35.2 Å². The number of amides is 2. The normalized spacial score (nSPS) is 12.3. The number of alkyl carbamates (subject to hydrolysis) is 1. The van der Waals surface area contributed by atoms with Gasteiger partial charge in [0.25, 0.3) is 0 Å². The van der Waals surface area contributed by atoms with Crippen LogP contribution in [0, 0.1) is 11.3 Å². The lowest BCUT2D eigenvalue weighted by atomic mass is 10.0. The number of hydrogen-bond donors (Lipinski definition) is 3. The maximum Gasteiger partial charge on any atom is 0.408 e. The van der Waals surface area contributed by atoms with Gasteiger partial charge in [0, 0.05) is 0 Å². The molecule has 28 heavy (non-hydrogen) atoms. The number of carbonyl (C=O) groups excluding carboxylic acids is 2. The average Bonchev–Trinajstić information content (AvgIpc) is 2.56. The molecule has 3 N–H and O–H groups in total. The first-order valence-corrected chi connectivity index (χ1v) is 8.52. The summed E-state index contributed by atoms with van der Waals surface area (Å²) in [4.78, 5) is 35.8. The second kappa shape index (κ2) is 9.08. The third-order valence-electron chi connectivity index (χ3n) is 3.38. The molecule has 1 rings (SSSR count). The van der Waals surface area contributed by atoms with E-state index in [0.717, 1.165) is 0 Å². The maximum atomic E-state index is 12.4. The van der Waals surface area contributed by atoms with E-state index in [-0.39, 0.29) is 6.61 Å². The summed E-state index contributed by atoms with van der Waals surface area (Å²) in [5.41, 5.74) is -1.72. The van der Waals surface area contributed by atoms with Crippen molar-refractivity contribution in [1.82, 2.24) is 10.6 Å². The van der Waals surface area contributed by atoms with Crippen molar-refractivity contribution in [2.45, 2.75) is 51.8 Å². The number of nitrogens with one attached hydrogen (secondary N) is 2. The minimum absolute atomic E-state index is 0.338. The smallest absolute Gasteiger partial charge is 0.408 e. The fraction of sp³-hybridized carbons (Fsp3) is 0.474. The van der Waals surface area contributed by atoms with Gasteiger partial charge in [0.2, 0.25) is 5.91 Å². The Labute approximate surface area is 163 Å². The van der Waals surface area contributed by atoms with Crippen LogP contribution in [0.15, 0.2) is 24.3 Å². The van der Waals surface area contributed by atoms with Crippen molar-refractivity contribution in [3.8, 4) is 11.8 Å². The van der Waals surface area contributed by atoms with Crippen LogP contribution in [0.4, 0.5) is 4.79 Å². The van der Waals surface area contributed by atoms with Crippen LogP contribution in [0.2, 0.25) is 0 Å². The molecule has 0 radical (unpaired) electrons. The summed E-state index contributed by atoms with van der Waals surface area (Å²) in [5, 5.41) is 22.8. The van der Waals surface area contributed by atoms with Crippen molar-refractivity contribution < 1.29 is 29.0 Å². The zero-order valence-corrected chi connectivity index (χ0v) is 16.5. The summed E-state index contributed by atoms with van der Waals surface area (Å²) in [6.45, 7) is 7.55. The van der Waals surface area contributed by atoms with Crippen molar-refractivity contribution >= 4 is 18.0 Å². The highest BCUT2D eigenvalue weighted by Gasteiger charge is 2.34. The Morgan fingerprint density at radius 2 is 1.71 bits per heavy atom. The van der Waals surface area contributed by atoms with Gasteiger partial charge >= 0.3 is 12.1 Å². The predicted molar refractivity (Wildman–Crippen MR) is 99.7 cm³/mol. The topological polar surface area (TPSA) is 138 Å². The molecule has 9 heteroatoms. The number of aliphatic carboxylic acids is 1. The second-order valence-corrected chi connectivity index (χ2v) is 7.56. The van der Waals surface area contributed by atoms with E-state index in [0.29, 0.717) is 11.3 Å². The van der Waals surface area contributed by atoms with Crippen LogP contribution in [0.3, 0.4) is 0 Å². The molecule has 0 saturated carbocycles. The zero-order chi connectivity index (χ0) is 21.5. The molecule has 2 amide bonds. The van der Waals surface area contributed by atoms with Gasteiger partial charge in [-0.15, -0.1) is 0 Å². The van der Waals surface area contributed by atoms with Crippen LogP contribution in [-0.2, 0) is 14.3 Å². The molecule has 0 aromatic heterocycles. The van der Waals surface area contributed by atoms with Crippen LogP contribution in [0.25, 0.3) is 0 Å². The Morgan fingerprint density at radius 3 is 2.18 bits per heavy atom. The van der Waals surface area contributed by atoms with E-state index in [1.807, 2.05) is 6.07 Å². The Kier molecular flexibility index (Phi) is 7.38. The molecule has 0 bridgehead atoms. The summed E-state index contributed by atoms with van der Waals surface area (Å²) in [6.07, 6.45) is -0.798. The number of rotatable bonds is 7. The van der Waals surface area contributed by atoms with E-state index in [9.17, 15) is 19.5 Å². The van der Waals surface area contributed by atoms with Gasteiger partial charge in [0.05, 0.1) is 11.6 Å². The number of nitriles is 1. The molecule has 0 saturated heterocycles. The number of ether oxygens (including phenoxy) is 2. The van der Waals surface area contributed by atoms with E-state index >= 15 is 0 Å². The average molecular weight is 391 g/mol. The summed E-state index contributed by atoms with van der Waals surface area (Å²) in [7, 11) is 0. The Bertz CT molecular complexity index is 759. The van der Waals surface area contributed by atoms with Crippen LogP contribution in [0.5, 0.6) is 5.75 Å². The molecule has 9 nitrogen and oxygen atoms in total. The molecular weight excluding hydrogens is 366 g/mol. The zero-order valence-electron chi connectivity index (χ0n) is 16.5. The van der Waals surface area contributed by atoms with Gasteiger partial charge in [0.15, 0.2) is 6.04 Å². The summed E-state index contributed by atoms with van der Waals surface area (Å²) >= 11 is 0. The summed E-state index contributed by atoms with van der Waals surface area (Å²) < 4.78 is 10.5. The third kappa shape index (κ3) is 7.53. The first kappa shape index (κ1) is 22.8. The molecule has 0 spiro atoms. The molecule has 0 aliphatic rings. The minimum atomic E-state index is -1.41. The van der Waals surface area contributed by atoms with Crippen molar-refractivity contribution in [3.05, 3.63) is 29.8 Å². The predicted octanol–water partition coefficient (Wildman–Crippen LogP) is 1.81. The van der Waals surface area contributed by atoms with Gasteiger partial charge in [-0.25, -0.2) is 9.59 Å². The molecule has 1 aromatic carbocycles. The third-order valence-corrected chi connectivity index (χ3v) is 3.38. The summed E-state index contributed by atoms with van der Waals surface area (Å²) in [6, 6.07) is 6.71. The van der Waals surface area contributed by atoms with Gasteiger partial charge < -0.3 is 25.2 Å². The molecule has 1 atom stereocenters. The molecule has 152 valence electrons. The number of carboxylic acid groups (broad SMARTS) is 1. The Morgan fingerprint density at radius 1 is 1.14 bits per heavy atom. The van der Waals surface area contributed by atoms with E-state index in [1.54, 1.807) is 20.8 Å². The number of nitrogens with zero attached hydrogens (tertiary/aromatic N) is 1. The van der Waals surface area contributed by atoms with E-state index in [4.69, 9.17) is 14.7 Å². The van der Waals surface area contributed by atoms with Crippen LogP contribution >= 0.6 is 0 Å².